The number of rotatable bonds is 3. The van der Waals surface area contributed by atoms with E-state index in [1.807, 2.05) is 30.0 Å². The molecule has 0 aromatic heterocycles. The van der Waals surface area contributed by atoms with Gasteiger partial charge in [0, 0.05) is 36.8 Å². The van der Waals surface area contributed by atoms with Crippen molar-refractivity contribution in [3.8, 4) is 0 Å². The zero-order valence-electron chi connectivity index (χ0n) is 11.5. The van der Waals surface area contributed by atoms with Crippen LogP contribution in [0.1, 0.15) is 28.8 Å². The van der Waals surface area contributed by atoms with Crippen molar-refractivity contribution in [2.24, 2.45) is 5.92 Å². The molecule has 0 bridgehead atoms. The molecule has 4 heteroatoms. The highest BCUT2D eigenvalue weighted by Crippen LogP contribution is 2.22. The van der Waals surface area contributed by atoms with Crippen molar-refractivity contribution in [2.45, 2.75) is 19.8 Å². The van der Waals surface area contributed by atoms with Gasteiger partial charge < -0.3 is 9.64 Å². The van der Waals surface area contributed by atoms with E-state index < -0.39 is 0 Å². The number of piperidine rings is 1. The normalized spacial score (nSPS) is 16.7. The van der Waals surface area contributed by atoms with Crippen LogP contribution in [-0.2, 0) is 4.74 Å². The van der Waals surface area contributed by atoms with Gasteiger partial charge in [0.2, 0.25) is 0 Å². The van der Waals surface area contributed by atoms with E-state index in [9.17, 15) is 4.79 Å². The van der Waals surface area contributed by atoms with Gasteiger partial charge in [0.05, 0.1) is 0 Å². The monoisotopic (exact) mass is 325 g/mol. The molecule has 1 amide bonds. The van der Waals surface area contributed by atoms with Crippen molar-refractivity contribution in [1.29, 1.82) is 0 Å². The standard InChI is InChI=1S/C15H20BrNO2/c1-11-3-4-13(9-14(11)16)15(18)17-7-5-12(6-8-17)10-19-2/h3-4,9,12H,5-8,10H2,1-2H3. The van der Waals surface area contributed by atoms with Gasteiger partial charge in [-0.25, -0.2) is 0 Å². The topological polar surface area (TPSA) is 29.5 Å². The lowest BCUT2D eigenvalue weighted by molar-refractivity contribution is 0.0613. The molecule has 2 rings (SSSR count). The molecule has 0 radical (unpaired) electrons. The molecule has 0 aliphatic carbocycles. The number of carbonyl (C=O) groups excluding carboxylic acids is 1. The second kappa shape index (κ2) is 6.53. The van der Waals surface area contributed by atoms with E-state index in [-0.39, 0.29) is 5.91 Å². The highest BCUT2D eigenvalue weighted by molar-refractivity contribution is 9.10. The number of ether oxygens (including phenoxy) is 1. The molecule has 19 heavy (non-hydrogen) atoms. The third-order valence-corrected chi connectivity index (χ3v) is 4.58. The highest BCUT2D eigenvalue weighted by Gasteiger charge is 2.23. The number of halogens is 1. The third-order valence-electron chi connectivity index (χ3n) is 3.72. The Balaban J connectivity index is 1.99. The second-order valence-corrected chi connectivity index (χ2v) is 6.01. The number of methoxy groups -OCH3 is 1. The van der Waals surface area contributed by atoms with Gasteiger partial charge in [0.1, 0.15) is 0 Å². The van der Waals surface area contributed by atoms with Crippen LogP contribution in [0.2, 0.25) is 0 Å². The van der Waals surface area contributed by atoms with Crippen LogP contribution in [0.15, 0.2) is 22.7 Å². The number of carbonyl (C=O) groups is 1. The fourth-order valence-electron chi connectivity index (χ4n) is 2.45. The van der Waals surface area contributed by atoms with Gasteiger partial charge in [-0.15, -0.1) is 0 Å². The lowest BCUT2D eigenvalue weighted by Crippen LogP contribution is -2.39. The van der Waals surface area contributed by atoms with E-state index in [0.717, 1.165) is 48.1 Å². The number of nitrogens with zero attached hydrogens (tertiary/aromatic N) is 1. The summed E-state index contributed by atoms with van der Waals surface area (Å²) in [5.41, 5.74) is 1.91. The quantitative estimate of drug-likeness (QED) is 0.853. The van der Waals surface area contributed by atoms with E-state index in [4.69, 9.17) is 4.74 Å². The van der Waals surface area contributed by atoms with Crippen molar-refractivity contribution in [3.63, 3.8) is 0 Å². The van der Waals surface area contributed by atoms with Crippen LogP contribution in [0.3, 0.4) is 0 Å². The van der Waals surface area contributed by atoms with E-state index in [2.05, 4.69) is 15.9 Å². The molecule has 1 aromatic carbocycles. The number of hydrogen-bond acceptors (Lipinski definition) is 2. The molecule has 3 nitrogen and oxygen atoms in total. The van der Waals surface area contributed by atoms with E-state index >= 15 is 0 Å². The van der Waals surface area contributed by atoms with Crippen molar-refractivity contribution >= 4 is 21.8 Å². The summed E-state index contributed by atoms with van der Waals surface area (Å²) < 4.78 is 6.17. The average Bonchev–Trinajstić information content (AvgIpc) is 2.42. The Morgan fingerprint density at radius 2 is 2.11 bits per heavy atom. The van der Waals surface area contributed by atoms with E-state index in [0.29, 0.717) is 5.92 Å². The summed E-state index contributed by atoms with van der Waals surface area (Å²) in [5, 5.41) is 0. The Morgan fingerprint density at radius 3 is 2.68 bits per heavy atom. The summed E-state index contributed by atoms with van der Waals surface area (Å²) >= 11 is 3.48. The smallest absolute Gasteiger partial charge is 0.253 e. The molecule has 1 saturated heterocycles. The summed E-state index contributed by atoms with van der Waals surface area (Å²) in [6, 6.07) is 5.80. The summed E-state index contributed by atoms with van der Waals surface area (Å²) in [6.07, 6.45) is 2.07. The highest BCUT2D eigenvalue weighted by atomic mass is 79.9. The summed E-state index contributed by atoms with van der Waals surface area (Å²) in [4.78, 5) is 14.3. The van der Waals surface area contributed by atoms with Gasteiger partial charge in [0.15, 0.2) is 0 Å². The first-order chi connectivity index (χ1) is 9.11. The maximum absolute atomic E-state index is 12.4. The van der Waals surface area contributed by atoms with Crippen LogP contribution in [0.4, 0.5) is 0 Å². The van der Waals surface area contributed by atoms with Gasteiger partial charge in [-0.1, -0.05) is 22.0 Å². The van der Waals surface area contributed by atoms with Crippen LogP contribution in [0.25, 0.3) is 0 Å². The number of amides is 1. The summed E-state index contributed by atoms with van der Waals surface area (Å²) in [7, 11) is 1.74. The predicted molar refractivity (Wildman–Crippen MR) is 79.4 cm³/mol. The largest absolute Gasteiger partial charge is 0.384 e. The molecule has 1 fully saturated rings. The molecule has 0 atom stereocenters. The van der Waals surface area contributed by atoms with Gasteiger partial charge in [0.25, 0.3) is 5.91 Å². The zero-order chi connectivity index (χ0) is 13.8. The third kappa shape index (κ3) is 3.57. The Morgan fingerprint density at radius 1 is 1.42 bits per heavy atom. The Labute approximate surface area is 123 Å². The first-order valence-electron chi connectivity index (χ1n) is 6.66. The molecule has 0 N–H and O–H groups in total. The van der Waals surface area contributed by atoms with E-state index in [1.165, 1.54) is 0 Å². The van der Waals surface area contributed by atoms with Crippen LogP contribution >= 0.6 is 15.9 Å². The van der Waals surface area contributed by atoms with Crippen molar-refractivity contribution in [2.75, 3.05) is 26.8 Å². The molecule has 1 heterocycles. The van der Waals surface area contributed by atoms with Crippen molar-refractivity contribution in [3.05, 3.63) is 33.8 Å². The molecule has 0 spiro atoms. The van der Waals surface area contributed by atoms with Gasteiger partial charge >= 0.3 is 0 Å². The maximum Gasteiger partial charge on any atom is 0.253 e. The van der Waals surface area contributed by atoms with Gasteiger partial charge in [-0.3, -0.25) is 4.79 Å². The van der Waals surface area contributed by atoms with Crippen molar-refractivity contribution in [1.82, 2.24) is 4.90 Å². The van der Waals surface area contributed by atoms with E-state index in [1.54, 1.807) is 7.11 Å². The molecular formula is C15H20BrNO2. The van der Waals surface area contributed by atoms with Gasteiger partial charge in [-0.2, -0.15) is 0 Å². The fourth-order valence-corrected chi connectivity index (χ4v) is 2.83. The first kappa shape index (κ1) is 14.5. The predicted octanol–water partition coefficient (Wildman–Crippen LogP) is 3.26. The number of aryl methyl sites for hydroxylation is 1. The van der Waals surface area contributed by atoms with Gasteiger partial charge in [-0.05, 0) is 43.4 Å². The second-order valence-electron chi connectivity index (χ2n) is 5.15. The fraction of sp³-hybridized carbons (Fsp3) is 0.533. The number of hydrogen-bond donors (Lipinski definition) is 0. The minimum absolute atomic E-state index is 0.136. The molecular weight excluding hydrogens is 306 g/mol. The Kier molecular flexibility index (Phi) is 4.99. The Bertz CT molecular complexity index is 453. The molecule has 1 aliphatic heterocycles. The first-order valence-corrected chi connectivity index (χ1v) is 7.45. The molecule has 104 valence electrons. The molecule has 0 saturated carbocycles. The summed E-state index contributed by atoms with van der Waals surface area (Å²) in [5.74, 6) is 0.732. The lowest BCUT2D eigenvalue weighted by Gasteiger charge is -2.31. The minimum atomic E-state index is 0.136. The molecule has 1 aromatic rings. The molecule has 0 unspecified atom stereocenters. The summed E-state index contributed by atoms with van der Waals surface area (Å²) in [6.45, 7) is 4.49. The lowest BCUT2D eigenvalue weighted by atomic mass is 9.97. The minimum Gasteiger partial charge on any atom is -0.384 e. The van der Waals surface area contributed by atoms with Crippen LogP contribution in [0, 0.1) is 12.8 Å². The Hall–Kier alpha value is -0.870. The number of benzene rings is 1. The molecule has 1 aliphatic rings. The van der Waals surface area contributed by atoms with Crippen LogP contribution < -0.4 is 0 Å². The SMILES string of the molecule is COCC1CCN(C(=O)c2ccc(C)c(Br)c2)CC1. The van der Waals surface area contributed by atoms with Crippen LogP contribution in [-0.4, -0.2) is 37.6 Å². The number of likely N-dealkylation sites (tertiary alicyclic amines) is 1. The average molecular weight is 326 g/mol. The zero-order valence-corrected chi connectivity index (χ0v) is 13.1. The van der Waals surface area contributed by atoms with Crippen LogP contribution in [0.5, 0.6) is 0 Å². The van der Waals surface area contributed by atoms with Crippen molar-refractivity contribution < 1.29 is 9.53 Å². The maximum atomic E-state index is 12.4.